The van der Waals surface area contributed by atoms with Gasteiger partial charge >= 0.3 is 64.2 Å². The zero-order valence-electron chi connectivity index (χ0n) is 8.03. The first-order valence-corrected chi connectivity index (χ1v) is 4.43. The van der Waals surface area contributed by atoms with E-state index in [4.69, 9.17) is 0 Å². The van der Waals surface area contributed by atoms with Crippen LogP contribution in [0, 0.1) is 0 Å². The molecule has 68 valence electrons. The molecule has 2 rings (SSSR count). The molecule has 0 bridgehead atoms. The fraction of sp³-hybridized carbons (Fsp3) is 0.200. The molecule has 1 aromatic carbocycles. The van der Waals surface area contributed by atoms with Gasteiger partial charge in [0.2, 0.25) is 0 Å². The van der Waals surface area contributed by atoms with Crippen LogP contribution in [0.4, 0.5) is 0 Å². The Labute approximate surface area is 91.6 Å². The van der Waals surface area contributed by atoms with Crippen LogP contribution in [0.15, 0.2) is 30.3 Å². The molecule has 4 heteroatoms. The minimum absolute atomic E-state index is 0.263. The molecule has 0 aliphatic carbocycles. The van der Waals surface area contributed by atoms with Crippen LogP contribution in [0.1, 0.15) is 12.8 Å². The van der Waals surface area contributed by atoms with Crippen molar-refractivity contribution >= 4 is 33.9 Å². The van der Waals surface area contributed by atoms with Crippen molar-refractivity contribution in [2.24, 2.45) is 0 Å². The summed E-state index contributed by atoms with van der Waals surface area (Å²) in [6.07, 6.45) is 0.525. The number of carbonyl (C=O) groups excluding carboxylic acids is 2. The molecule has 1 aliphatic rings. The molecule has 0 spiro atoms. The molecule has 0 amide bonds. The van der Waals surface area contributed by atoms with Gasteiger partial charge in [0, 0.05) is 0 Å². The molecule has 3 nitrogen and oxygen atoms in total. The van der Waals surface area contributed by atoms with Crippen molar-refractivity contribution in [2.75, 3.05) is 0 Å². The molecular formula is C10H9LiO3. The number of rotatable bonds is 0. The molecule has 0 atom stereocenters. The van der Waals surface area contributed by atoms with Crippen LogP contribution in [0.2, 0.25) is 0 Å². The Balaban J connectivity index is 0.000000140. The quantitative estimate of drug-likeness (QED) is 0.331. The summed E-state index contributed by atoms with van der Waals surface area (Å²) in [4.78, 5) is 20.0. The number of cyclic esters (lactones) is 2. The second-order valence-corrected chi connectivity index (χ2v) is 3.00. The van der Waals surface area contributed by atoms with E-state index in [2.05, 4.69) is 34.6 Å². The molecule has 1 fully saturated rings. The number of carbonyl (C=O) groups is 2. The summed E-state index contributed by atoms with van der Waals surface area (Å²) < 4.78 is 5.41. The Hall–Kier alpha value is -1.04. The SMILES string of the molecule is O=C1CCC(=O)O1.[Li][c]1ccccc1. The van der Waals surface area contributed by atoms with E-state index in [9.17, 15) is 9.59 Å². The standard InChI is InChI=1S/C6H5.C4H4O3.Li/c1-2-4-6-5-3-1;5-3-1-2-4(6)7-3;/h1-5H;1-2H2;. The predicted octanol–water partition coefficient (Wildman–Crippen LogP) is 0.330. The molecule has 1 saturated heterocycles. The van der Waals surface area contributed by atoms with Gasteiger partial charge in [-0.15, -0.1) is 0 Å². The van der Waals surface area contributed by atoms with Crippen LogP contribution in [-0.4, -0.2) is 29.7 Å². The Morgan fingerprint density at radius 2 is 1.50 bits per heavy atom. The van der Waals surface area contributed by atoms with Crippen LogP contribution in [0.5, 0.6) is 0 Å². The average molecular weight is 184 g/mol. The van der Waals surface area contributed by atoms with Crippen molar-refractivity contribution in [3.63, 3.8) is 0 Å². The molecule has 1 heterocycles. The third kappa shape index (κ3) is 4.27. The Kier molecular flexibility index (Phi) is 4.44. The molecule has 14 heavy (non-hydrogen) atoms. The van der Waals surface area contributed by atoms with Gasteiger partial charge < -0.3 is 4.74 Å². The number of hydrogen-bond donors (Lipinski definition) is 0. The van der Waals surface area contributed by atoms with E-state index in [-0.39, 0.29) is 12.8 Å². The van der Waals surface area contributed by atoms with Gasteiger partial charge in [-0.25, -0.2) is 0 Å². The second kappa shape index (κ2) is 5.64. The van der Waals surface area contributed by atoms with Gasteiger partial charge in [0.15, 0.2) is 0 Å². The van der Waals surface area contributed by atoms with Gasteiger partial charge in [-0.1, -0.05) is 0 Å². The Morgan fingerprint density at radius 1 is 1.00 bits per heavy atom. The fourth-order valence-corrected chi connectivity index (χ4v) is 0.968. The van der Waals surface area contributed by atoms with Gasteiger partial charge in [-0.05, 0) is 0 Å². The van der Waals surface area contributed by atoms with E-state index in [1.165, 1.54) is 4.24 Å². The maximum absolute atomic E-state index is 10.0. The van der Waals surface area contributed by atoms with E-state index in [0.29, 0.717) is 0 Å². The number of benzene rings is 1. The summed E-state index contributed by atoms with van der Waals surface area (Å²) >= 11 is 2.08. The number of esters is 2. The topological polar surface area (TPSA) is 43.4 Å². The van der Waals surface area contributed by atoms with Crippen LogP contribution < -0.4 is 4.24 Å². The molecule has 0 aromatic heterocycles. The normalized spacial score (nSPS) is 14.4. The first-order chi connectivity index (χ1) is 6.68. The van der Waals surface area contributed by atoms with Crippen molar-refractivity contribution in [3.05, 3.63) is 30.3 Å². The Bertz CT molecular complexity index is 307. The van der Waals surface area contributed by atoms with Crippen molar-refractivity contribution in [2.45, 2.75) is 12.8 Å². The predicted molar refractivity (Wildman–Crippen MR) is 52.2 cm³/mol. The van der Waals surface area contributed by atoms with Crippen molar-refractivity contribution in [1.82, 2.24) is 0 Å². The van der Waals surface area contributed by atoms with Crippen molar-refractivity contribution in [3.8, 4) is 0 Å². The second-order valence-electron chi connectivity index (χ2n) is 3.00. The first kappa shape index (κ1) is 11.0. The van der Waals surface area contributed by atoms with Crippen LogP contribution in [0.3, 0.4) is 0 Å². The first-order valence-electron chi connectivity index (χ1n) is 4.43. The van der Waals surface area contributed by atoms with E-state index in [1.54, 1.807) is 0 Å². The van der Waals surface area contributed by atoms with Crippen LogP contribution in [-0.2, 0) is 14.3 Å². The van der Waals surface area contributed by atoms with E-state index in [0.717, 1.165) is 0 Å². The zero-order valence-corrected chi connectivity index (χ0v) is 8.03. The van der Waals surface area contributed by atoms with E-state index < -0.39 is 11.9 Å². The van der Waals surface area contributed by atoms with Gasteiger partial charge in [0.05, 0.1) is 12.8 Å². The molecule has 1 aliphatic heterocycles. The Morgan fingerprint density at radius 3 is 1.71 bits per heavy atom. The summed E-state index contributed by atoms with van der Waals surface area (Å²) in [7, 11) is 0. The molecule has 0 radical (unpaired) electrons. The molecule has 0 unspecified atom stereocenters. The maximum atomic E-state index is 10.0. The van der Waals surface area contributed by atoms with E-state index >= 15 is 0 Å². The molecule has 1 aromatic rings. The monoisotopic (exact) mass is 184 g/mol. The van der Waals surface area contributed by atoms with Gasteiger partial charge in [-0.2, -0.15) is 0 Å². The molecule has 0 N–H and O–H groups in total. The van der Waals surface area contributed by atoms with Gasteiger partial charge in [0.25, 0.3) is 0 Å². The summed E-state index contributed by atoms with van der Waals surface area (Å²) in [5.74, 6) is -0.796. The van der Waals surface area contributed by atoms with Crippen molar-refractivity contribution in [1.29, 1.82) is 0 Å². The average Bonchev–Trinajstić information content (AvgIpc) is 2.52. The summed E-state index contributed by atoms with van der Waals surface area (Å²) in [6.45, 7) is 0. The number of hydrogen-bond acceptors (Lipinski definition) is 3. The van der Waals surface area contributed by atoms with Gasteiger partial charge in [0.1, 0.15) is 0 Å². The van der Waals surface area contributed by atoms with Gasteiger partial charge in [-0.3, -0.25) is 9.59 Å². The third-order valence-corrected chi connectivity index (χ3v) is 1.70. The zero-order chi connectivity index (χ0) is 10.4. The van der Waals surface area contributed by atoms with Crippen LogP contribution >= 0.6 is 0 Å². The minimum atomic E-state index is -0.398. The molecular weight excluding hydrogens is 175 g/mol. The number of ether oxygens (including phenoxy) is 1. The summed E-state index contributed by atoms with van der Waals surface area (Å²) in [6, 6.07) is 10.3. The fourth-order valence-electron chi connectivity index (χ4n) is 0.968. The van der Waals surface area contributed by atoms with E-state index in [1.807, 2.05) is 18.2 Å². The summed E-state index contributed by atoms with van der Waals surface area (Å²) in [5.41, 5.74) is 0. The molecule has 0 saturated carbocycles. The van der Waals surface area contributed by atoms with Crippen molar-refractivity contribution < 1.29 is 14.3 Å². The third-order valence-electron chi connectivity index (χ3n) is 1.70. The summed E-state index contributed by atoms with van der Waals surface area (Å²) in [5, 5.41) is 0. The van der Waals surface area contributed by atoms with Crippen LogP contribution in [0.25, 0.3) is 0 Å².